The van der Waals surface area contributed by atoms with Crippen molar-refractivity contribution in [2.45, 2.75) is 39.2 Å². The average Bonchev–Trinajstić information content (AvgIpc) is 2.78. The maximum Gasteiger partial charge on any atom is 0.171 e. The summed E-state index contributed by atoms with van der Waals surface area (Å²) in [5.41, 5.74) is 1.79. The highest BCUT2D eigenvalue weighted by atomic mass is 35.5. The Kier molecular flexibility index (Phi) is 4.18. The highest BCUT2D eigenvalue weighted by Crippen LogP contribution is 2.19. The Morgan fingerprint density at radius 2 is 2.12 bits per heavy atom. The molecule has 2 rings (SSSR count). The van der Waals surface area contributed by atoms with E-state index in [1.807, 2.05) is 13.8 Å². The Hall–Kier alpha value is -0.870. The van der Waals surface area contributed by atoms with Crippen molar-refractivity contribution in [1.82, 2.24) is 9.97 Å². The maximum atomic E-state index is 6.03. The highest BCUT2D eigenvalue weighted by molar-refractivity contribution is 6.31. The third-order valence-corrected chi connectivity index (χ3v) is 3.31. The number of halogens is 1. The van der Waals surface area contributed by atoms with E-state index in [0.29, 0.717) is 17.1 Å². The van der Waals surface area contributed by atoms with Gasteiger partial charge in [0, 0.05) is 13.2 Å². The predicted octanol–water partition coefficient (Wildman–Crippen LogP) is 2.73. The van der Waals surface area contributed by atoms with Crippen LogP contribution in [0.1, 0.15) is 30.7 Å². The van der Waals surface area contributed by atoms with E-state index in [0.717, 1.165) is 37.4 Å². The molecule has 1 fully saturated rings. The van der Waals surface area contributed by atoms with Crippen molar-refractivity contribution in [2.24, 2.45) is 0 Å². The van der Waals surface area contributed by atoms with E-state index in [9.17, 15) is 0 Å². The molecule has 1 aliphatic heterocycles. The Bertz CT molecular complexity index is 392. The van der Waals surface area contributed by atoms with E-state index < -0.39 is 0 Å². The van der Waals surface area contributed by atoms with Crippen LogP contribution in [0.25, 0.3) is 0 Å². The van der Waals surface area contributed by atoms with Crippen molar-refractivity contribution in [3.05, 3.63) is 16.5 Å². The lowest BCUT2D eigenvalue weighted by atomic mass is 10.2. The zero-order chi connectivity index (χ0) is 12.3. The fourth-order valence-corrected chi connectivity index (χ4v) is 2.15. The standard InChI is InChI=1S/C12H18ClN3O/c1-8-9(2)16-12(11(13)15-8)14-6-5-10-4-3-7-17-10/h10H,3-7H2,1-2H3,(H,14,16). The van der Waals surface area contributed by atoms with Gasteiger partial charge in [0.2, 0.25) is 0 Å². The summed E-state index contributed by atoms with van der Waals surface area (Å²) in [6.45, 7) is 5.56. The fraction of sp³-hybridized carbons (Fsp3) is 0.667. The van der Waals surface area contributed by atoms with Gasteiger partial charge >= 0.3 is 0 Å². The number of nitrogens with zero attached hydrogens (tertiary/aromatic N) is 2. The second kappa shape index (κ2) is 5.65. The minimum Gasteiger partial charge on any atom is -0.378 e. The summed E-state index contributed by atoms with van der Waals surface area (Å²) in [7, 11) is 0. The van der Waals surface area contributed by atoms with E-state index in [4.69, 9.17) is 16.3 Å². The number of hydrogen-bond acceptors (Lipinski definition) is 4. The van der Waals surface area contributed by atoms with Crippen molar-refractivity contribution < 1.29 is 4.74 Å². The minimum absolute atomic E-state index is 0.390. The summed E-state index contributed by atoms with van der Waals surface area (Å²) in [5, 5.41) is 3.67. The van der Waals surface area contributed by atoms with Gasteiger partial charge in [-0.2, -0.15) is 0 Å². The van der Waals surface area contributed by atoms with Gasteiger partial charge in [-0.25, -0.2) is 9.97 Å². The second-order valence-electron chi connectivity index (χ2n) is 4.38. The average molecular weight is 256 g/mol. The molecule has 0 spiro atoms. The molecule has 1 unspecified atom stereocenters. The molecule has 1 aromatic heterocycles. The van der Waals surface area contributed by atoms with Crippen LogP contribution in [0.15, 0.2) is 0 Å². The van der Waals surface area contributed by atoms with Gasteiger partial charge in [-0.15, -0.1) is 0 Å². The minimum atomic E-state index is 0.390. The predicted molar refractivity (Wildman–Crippen MR) is 68.6 cm³/mol. The zero-order valence-electron chi connectivity index (χ0n) is 10.3. The van der Waals surface area contributed by atoms with Crippen molar-refractivity contribution >= 4 is 17.4 Å². The first-order chi connectivity index (χ1) is 8.16. The molecule has 1 aromatic rings. The van der Waals surface area contributed by atoms with Gasteiger partial charge in [0.15, 0.2) is 11.0 Å². The summed E-state index contributed by atoms with van der Waals surface area (Å²) in [4.78, 5) is 8.62. The number of rotatable bonds is 4. The second-order valence-corrected chi connectivity index (χ2v) is 4.74. The SMILES string of the molecule is Cc1nc(Cl)c(NCCC2CCCO2)nc1C. The quantitative estimate of drug-likeness (QED) is 0.899. The van der Waals surface area contributed by atoms with Crippen molar-refractivity contribution in [1.29, 1.82) is 0 Å². The molecule has 0 bridgehead atoms. The molecule has 1 N–H and O–H groups in total. The number of ether oxygens (including phenoxy) is 1. The third kappa shape index (κ3) is 3.30. The molecule has 0 aromatic carbocycles. The van der Waals surface area contributed by atoms with E-state index in [2.05, 4.69) is 15.3 Å². The highest BCUT2D eigenvalue weighted by Gasteiger charge is 2.15. The van der Waals surface area contributed by atoms with Crippen LogP contribution in [-0.2, 0) is 4.74 Å². The normalized spacial score (nSPS) is 19.6. The van der Waals surface area contributed by atoms with E-state index in [1.54, 1.807) is 0 Å². The smallest absolute Gasteiger partial charge is 0.171 e. The molecule has 0 saturated carbocycles. The molecule has 1 saturated heterocycles. The number of nitrogens with one attached hydrogen (secondary N) is 1. The molecule has 5 heteroatoms. The third-order valence-electron chi connectivity index (χ3n) is 3.05. The monoisotopic (exact) mass is 255 g/mol. The summed E-state index contributed by atoms with van der Waals surface area (Å²) >= 11 is 6.03. The van der Waals surface area contributed by atoms with Gasteiger partial charge in [0.05, 0.1) is 17.5 Å². The molecule has 1 aliphatic rings. The first kappa shape index (κ1) is 12.6. The Morgan fingerprint density at radius 1 is 1.35 bits per heavy atom. The molecule has 0 amide bonds. The molecular formula is C12H18ClN3O. The fourth-order valence-electron chi connectivity index (χ4n) is 1.91. The van der Waals surface area contributed by atoms with Crippen molar-refractivity contribution in [3.63, 3.8) is 0 Å². The van der Waals surface area contributed by atoms with Crippen LogP contribution in [0.4, 0.5) is 5.82 Å². The molecule has 0 radical (unpaired) electrons. The molecule has 94 valence electrons. The summed E-state index contributed by atoms with van der Waals surface area (Å²) < 4.78 is 5.55. The van der Waals surface area contributed by atoms with Crippen LogP contribution in [0.5, 0.6) is 0 Å². The van der Waals surface area contributed by atoms with Gasteiger partial charge in [-0.1, -0.05) is 11.6 Å². The van der Waals surface area contributed by atoms with E-state index in [1.165, 1.54) is 6.42 Å². The van der Waals surface area contributed by atoms with Crippen molar-refractivity contribution in [2.75, 3.05) is 18.5 Å². The first-order valence-electron chi connectivity index (χ1n) is 6.03. The number of aryl methyl sites for hydroxylation is 2. The molecule has 1 atom stereocenters. The zero-order valence-corrected chi connectivity index (χ0v) is 11.0. The summed E-state index contributed by atoms with van der Waals surface area (Å²) in [5.74, 6) is 0.674. The lowest BCUT2D eigenvalue weighted by Crippen LogP contribution is -2.14. The lowest BCUT2D eigenvalue weighted by molar-refractivity contribution is 0.107. The maximum absolute atomic E-state index is 6.03. The van der Waals surface area contributed by atoms with Crippen LogP contribution in [0.2, 0.25) is 5.15 Å². The van der Waals surface area contributed by atoms with Crippen LogP contribution >= 0.6 is 11.6 Å². The molecule has 0 aliphatic carbocycles. The molecule has 4 nitrogen and oxygen atoms in total. The lowest BCUT2D eigenvalue weighted by Gasteiger charge is -2.12. The van der Waals surface area contributed by atoms with Gasteiger partial charge in [-0.3, -0.25) is 0 Å². The summed E-state index contributed by atoms with van der Waals surface area (Å²) in [6.07, 6.45) is 3.72. The van der Waals surface area contributed by atoms with Gasteiger partial charge in [0.25, 0.3) is 0 Å². The van der Waals surface area contributed by atoms with Crippen LogP contribution in [0, 0.1) is 13.8 Å². The van der Waals surface area contributed by atoms with Crippen LogP contribution < -0.4 is 5.32 Å². The van der Waals surface area contributed by atoms with E-state index >= 15 is 0 Å². The molecule has 2 heterocycles. The molecule has 17 heavy (non-hydrogen) atoms. The van der Waals surface area contributed by atoms with Gasteiger partial charge < -0.3 is 10.1 Å². The van der Waals surface area contributed by atoms with Crippen molar-refractivity contribution in [3.8, 4) is 0 Å². The Labute approximate surface area is 107 Å². The largest absolute Gasteiger partial charge is 0.378 e. The number of aromatic nitrogens is 2. The Morgan fingerprint density at radius 3 is 2.82 bits per heavy atom. The Balaban J connectivity index is 1.87. The topological polar surface area (TPSA) is 47.0 Å². The summed E-state index contributed by atoms with van der Waals surface area (Å²) in [6, 6.07) is 0. The van der Waals surface area contributed by atoms with Gasteiger partial charge in [-0.05, 0) is 33.1 Å². The molecular weight excluding hydrogens is 238 g/mol. The van der Waals surface area contributed by atoms with Gasteiger partial charge in [0.1, 0.15) is 0 Å². The van der Waals surface area contributed by atoms with E-state index in [-0.39, 0.29) is 0 Å². The number of hydrogen-bond donors (Lipinski definition) is 1. The number of anilines is 1. The van der Waals surface area contributed by atoms with Crippen LogP contribution in [-0.4, -0.2) is 29.2 Å². The van der Waals surface area contributed by atoms with Crippen LogP contribution in [0.3, 0.4) is 0 Å². The first-order valence-corrected chi connectivity index (χ1v) is 6.41.